The second-order valence-electron chi connectivity index (χ2n) is 3.83. The van der Waals surface area contributed by atoms with E-state index < -0.39 is 0 Å². The Hall–Kier alpha value is -1.47. The molecule has 0 unspecified atom stereocenters. The smallest absolute Gasteiger partial charge is 0.118 e. The van der Waals surface area contributed by atoms with Crippen LogP contribution in [0.4, 0.5) is 0 Å². The van der Waals surface area contributed by atoms with Crippen LogP contribution in [0.25, 0.3) is 0 Å². The fourth-order valence-electron chi connectivity index (χ4n) is 1.73. The lowest BCUT2D eigenvalue weighted by molar-refractivity contribution is 0.414. The lowest BCUT2D eigenvalue weighted by Crippen LogP contribution is -1.91. The van der Waals surface area contributed by atoms with Gasteiger partial charge in [0.1, 0.15) is 5.75 Å². The maximum absolute atomic E-state index is 5.13. The van der Waals surface area contributed by atoms with Crippen LogP contribution < -0.4 is 4.74 Å². The summed E-state index contributed by atoms with van der Waals surface area (Å²) in [5.41, 5.74) is 2.74. The molecule has 0 amide bonds. The van der Waals surface area contributed by atoms with Gasteiger partial charge in [0, 0.05) is 0 Å². The van der Waals surface area contributed by atoms with Gasteiger partial charge >= 0.3 is 0 Å². The number of benzene rings is 2. The van der Waals surface area contributed by atoms with Crippen molar-refractivity contribution in [3.05, 3.63) is 65.7 Å². The molecule has 2 aromatic rings. The summed E-state index contributed by atoms with van der Waals surface area (Å²) in [6.07, 6.45) is 2.17. The number of halogens is 1. The first kappa shape index (κ1) is 13.6. The molecule has 2 heteroatoms. The fourth-order valence-corrected chi connectivity index (χ4v) is 1.73. The molecule has 0 spiro atoms. The molecule has 0 saturated carbocycles. The quantitative estimate of drug-likeness (QED) is 0.797. The van der Waals surface area contributed by atoms with Crippen LogP contribution in [0.3, 0.4) is 0 Å². The van der Waals surface area contributed by atoms with Gasteiger partial charge in [-0.25, -0.2) is 0 Å². The lowest BCUT2D eigenvalue weighted by atomic mass is 10.0. The zero-order chi connectivity index (χ0) is 11.2. The summed E-state index contributed by atoms with van der Waals surface area (Å²) in [6, 6.07) is 18.8. The highest BCUT2D eigenvalue weighted by Crippen LogP contribution is 2.13. The van der Waals surface area contributed by atoms with Gasteiger partial charge < -0.3 is 4.74 Å². The Morgan fingerprint density at radius 3 is 1.82 bits per heavy atom. The Morgan fingerprint density at radius 2 is 1.29 bits per heavy atom. The molecule has 0 fully saturated rings. The summed E-state index contributed by atoms with van der Waals surface area (Å²) >= 11 is 0. The molecule has 17 heavy (non-hydrogen) atoms. The highest BCUT2D eigenvalue weighted by Gasteiger charge is 1.96. The van der Waals surface area contributed by atoms with Crippen LogP contribution in [0.15, 0.2) is 54.6 Å². The van der Waals surface area contributed by atoms with E-state index in [-0.39, 0.29) is 12.4 Å². The normalized spacial score (nSPS) is 9.47. The van der Waals surface area contributed by atoms with Crippen LogP contribution >= 0.6 is 12.4 Å². The molecular weight excluding hydrogens is 232 g/mol. The van der Waals surface area contributed by atoms with E-state index in [1.54, 1.807) is 7.11 Å². The summed E-state index contributed by atoms with van der Waals surface area (Å²) in [6.45, 7) is 0. The molecule has 0 radical (unpaired) electrons. The molecule has 1 nitrogen and oxygen atoms in total. The first-order valence-electron chi connectivity index (χ1n) is 5.55. The van der Waals surface area contributed by atoms with Crippen LogP contribution in [0.2, 0.25) is 0 Å². The highest BCUT2D eigenvalue weighted by molar-refractivity contribution is 5.85. The molecule has 0 aliphatic carbocycles. The van der Waals surface area contributed by atoms with Crippen LogP contribution in [0.1, 0.15) is 11.1 Å². The molecule has 0 aliphatic heterocycles. The molecule has 90 valence electrons. The van der Waals surface area contributed by atoms with Gasteiger partial charge in [-0.05, 0) is 36.1 Å². The fraction of sp³-hybridized carbons (Fsp3) is 0.200. The highest BCUT2D eigenvalue weighted by atomic mass is 35.5. The predicted molar refractivity (Wildman–Crippen MR) is 74.1 cm³/mol. The van der Waals surface area contributed by atoms with Gasteiger partial charge in [0.05, 0.1) is 7.11 Å². The zero-order valence-corrected chi connectivity index (χ0v) is 10.7. The SMILES string of the molecule is COc1ccc(CCc2ccccc2)cc1.Cl. The van der Waals surface area contributed by atoms with Crippen LogP contribution in [0, 0.1) is 0 Å². The van der Waals surface area contributed by atoms with E-state index in [4.69, 9.17) is 4.74 Å². The molecular formula is C15H17ClO. The maximum atomic E-state index is 5.13. The van der Waals surface area contributed by atoms with Crippen molar-refractivity contribution in [2.75, 3.05) is 7.11 Å². The minimum atomic E-state index is 0. The van der Waals surface area contributed by atoms with Crippen molar-refractivity contribution in [2.45, 2.75) is 12.8 Å². The van der Waals surface area contributed by atoms with Crippen molar-refractivity contribution in [1.82, 2.24) is 0 Å². The molecule has 2 aromatic carbocycles. The Balaban J connectivity index is 0.00000144. The van der Waals surface area contributed by atoms with E-state index in [1.165, 1.54) is 11.1 Å². The molecule has 2 rings (SSSR count). The van der Waals surface area contributed by atoms with Gasteiger partial charge in [-0.3, -0.25) is 0 Å². The van der Waals surface area contributed by atoms with Crippen LogP contribution in [-0.4, -0.2) is 7.11 Å². The summed E-state index contributed by atoms with van der Waals surface area (Å²) in [5, 5.41) is 0. The van der Waals surface area contributed by atoms with Gasteiger partial charge in [-0.15, -0.1) is 12.4 Å². The number of hydrogen-bond donors (Lipinski definition) is 0. The van der Waals surface area contributed by atoms with Crippen LogP contribution in [0.5, 0.6) is 5.75 Å². The summed E-state index contributed by atoms with van der Waals surface area (Å²) in [5.74, 6) is 0.920. The summed E-state index contributed by atoms with van der Waals surface area (Å²) in [7, 11) is 1.69. The molecule has 0 saturated heterocycles. The minimum absolute atomic E-state index is 0. The van der Waals surface area contributed by atoms with Crippen molar-refractivity contribution in [3.63, 3.8) is 0 Å². The van der Waals surface area contributed by atoms with Crippen molar-refractivity contribution in [2.24, 2.45) is 0 Å². The second-order valence-corrected chi connectivity index (χ2v) is 3.83. The number of ether oxygens (including phenoxy) is 1. The van der Waals surface area contributed by atoms with Gasteiger partial charge in [0.15, 0.2) is 0 Å². The van der Waals surface area contributed by atoms with Crippen LogP contribution in [-0.2, 0) is 12.8 Å². The minimum Gasteiger partial charge on any atom is -0.497 e. The number of rotatable bonds is 4. The van der Waals surface area contributed by atoms with Crippen molar-refractivity contribution in [1.29, 1.82) is 0 Å². The Kier molecular flexibility index (Phi) is 5.58. The number of aryl methyl sites for hydroxylation is 2. The van der Waals surface area contributed by atoms with Gasteiger partial charge in [0.2, 0.25) is 0 Å². The summed E-state index contributed by atoms with van der Waals surface area (Å²) < 4.78 is 5.13. The average Bonchev–Trinajstić information content (AvgIpc) is 2.38. The Labute approximate surface area is 109 Å². The second kappa shape index (κ2) is 6.97. The van der Waals surface area contributed by atoms with Crippen molar-refractivity contribution < 1.29 is 4.74 Å². The van der Waals surface area contributed by atoms with E-state index in [1.807, 2.05) is 12.1 Å². The monoisotopic (exact) mass is 248 g/mol. The van der Waals surface area contributed by atoms with Crippen molar-refractivity contribution >= 4 is 12.4 Å². The molecule has 0 bridgehead atoms. The third-order valence-electron chi connectivity index (χ3n) is 2.70. The lowest BCUT2D eigenvalue weighted by Gasteiger charge is -2.03. The molecule has 0 aromatic heterocycles. The van der Waals surface area contributed by atoms with E-state index in [0.717, 1.165) is 18.6 Å². The topological polar surface area (TPSA) is 9.23 Å². The van der Waals surface area contributed by atoms with E-state index in [0.29, 0.717) is 0 Å². The first-order valence-corrected chi connectivity index (χ1v) is 5.55. The largest absolute Gasteiger partial charge is 0.497 e. The van der Waals surface area contributed by atoms with Gasteiger partial charge in [-0.2, -0.15) is 0 Å². The van der Waals surface area contributed by atoms with Gasteiger partial charge in [-0.1, -0.05) is 42.5 Å². The third kappa shape index (κ3) is 4.12. The molecule has 0 aliphatic rings. The molecule has 0 N–H and O–H groups in total. The number of hydrogen-bond acceptors (Lipinski definition) is 1. The third-order valence-corrected chi connectivity index (χ3v) is 2.70. The van der Waals surface area contributed by atoms with E-state index >= 15 is 0 Å². The number of methoxy groups -OCH3 is 1. The first-order chi connectivity index (χ1) is 7.88. The van der Waals surface area contributed by atoms with E-state index in [2.05, 4.69) is 42.5 Å². The molecule has 0 heterocycles. The Bertz CT molecular complexity index is 422. The standard InChI is InChI=1S/C15H16O.ClH/c1-16-15-11-9-14(10-12-15)8-7-13-5-3-2-4-6-13;/h2-6,9-12H,7-8H2,1H3;1H. The zero-order valence-electron chi connectivity index (χ0n) is 9.93. The maximum Gasteiger partial charge on any atom is 0.118 e. The van der Waals surface area contributed by atoms with E-state index in [9.17, 15) is 0 Å². The van der Waals surface area contributed by atoms with Gasteiger partial charge in [0.25, 0.3) is 0 Å². The summed E-state index contributed by atoms with van der Waals surface area (Å²) in [4.78, 5) is 0. The average molecular weight is 249 g/mol. The predicted octanol–water partition coefficient (Wildman–Crippen LogP) is 3.90. The molecule has 0 atom stereocenters. The van der Waals surface area contributed by atoms with Crippen molar-refractivity contribution in [3.8, 4) is 5.75 Å². The Morgan fingerprint density at radius 1 is 0.765 bits per heavy atom.